The van der Waals surface area contributed by atoms with Crippen molar-refractivity contribution in [3.63, 3.8) is 0 Å². The van der Waals surface area contributed by atoms with Crippen molar-refractivity contribution < 1.29 is 19.1 Å². The van der Waals surface area contributed by atoms with Gasteiger partial charge in [-0.2, -0.15) is 0 Å². The van der Waals surface area contributed by atoms with Gasteiger partial charge in [0.1, 0.15) is 5.75 Å². The van der Waals surface area contributed by atoms with Gasteiger partial charge < -0.3 is 19.7 Å². The molecule has 0 bridgehead atoms. The van der Waals surface area contributed by atoms with Crippen molar-refractivity contribution in [2.75, 3.05) is 13.7 Å². The Kier molecular flexibility index (Phi) is 5.49. The Labute approximate surface area is 154 Å². The largest absolute Gasteiger partial charge is 0.490 e. The zero-order valence-corrected chi connectivity index (χ0v) is 15.6. The molecule has 1 unspecified atom stereocenters. The van der Waals surface area contributed by atoms with E-state index >= 15 is 0 Å². The molecule has 1 aliphatic heterocycles. The van der Waals surface area contributed by atoms with Gasteiger partial charge in [0.05, 0.1) is 24.3 Å². The number of nitrogens with one attached hydrogen (secondary N) is 1. The van der Waals surface area contributed by atoms with Crippen molar-refractivity contribution in [1.82, 2.24) is 10.2 Å². The number of allylic oxidation sites excluding steroid dienone is 1. The molecule has 2 amide bonds. The summed E-state index contributed by atoms with van der Waals surface area (Å²) in [5.41, 5.74) is 1.86. The summed E-state index contributed by atoms with van der Waals surface area (Å²) >= 11 is 0. The minimum Gasteiger partial charge on any atom is -0.490 e. The average molecular weight is 358 g/mol. The van der Waals surface area contributed by atoms with Crippen LogP contribution in [0.4, 0.5) is 4.79 Å². The monoisotopic (exact) mass is 358 g/mol. The molecule has 6 heteroatoms. The van der Waals surface area contributed by atoms with E-state index in [0.29, 0.717) is 11.3 Å². The lowest BCUT2D eigenvalue weighted by atomic mass is 9.95. The third-order valence-corrected chi connectivity index (χ3v) is 5.05. The van der Waals surface area contributed by atoms with Crippen molar-refractivity contribution >= 4 is 12.0 Å². The van der Waals surface area contributed by atoms with Crippen LogP contribution in [-0.4, -0.2) is 36.7 Å². The van der Waals surface area contributed by atoms with Gasteiger partial charge in [0, 0.05) is 12.7 Å². The summed E-state index contributed by atoms with van der Waals surface area (Å²) < 4.78 is 11.3. The molecule has 1 atom stereocenters. The Morgan fingerprint density at radius 2 is 2.04 bits per heavy atom. The smallest absolute Gasteiger partial charge is 0.338 e. The summed E-state index contributed by atoms with van der Waals surface area (Å²) in [5, 5.41) is 2.90. The van der Waals surface area contributed by atoms with E-state index in [1.165, 1.54) is 17.7 Å². The van der Waals surface area contributed by atoms with Gasteiger partial charge >= 0.3 is 12.0 Å². The average Bonchev–Trinajstić information content (AvgIpc) is 3.12. The second kappa shape index (κ2) is 7.81. The Morgan fingerprint density at radius 1 is 1.31 bits per heavy atom. The number of carbonyl (C=O) groups excluding carboxylic acids is 2. The molecule has 140 valence electrons. The predicted molar refractivity (Wildman–Crippen MR) is 97.7 cm³/mol. The van der Waals surface area contributed by atoms with Gasteiger partial charge in [-0.15, -0.1) is 0 Å². The van der Waals surface area contributed by atoms with E-state index in [1.807, 2.05) is 24.3 Å². The first-order valence-corrected chi connectivity index (χ1v) is 9.20. The fourth-order valence-corrected chi connectivity index (χ4v) is 3.52. The molecule has 1 aromatic rings. The van der Waals surface area contributed by atoms with Crippen LogP contribution in [0.2, 0.25) is 0 Å². The van der Waals surface area contributed by atoms with Crippen LogP contribution in [-0.2, 0) is 9.53 Å². The van der Waals surface area contributed by atoms with Gasteiger partial charge in [-0.05, 0) is 57.2 Å². The standard InChI is InChI=1S/C20H26N2O4/c1-4-25-19(23)17-13(2)22(3)20(24)21-18(17)14-8-7-11-16(12-14)26-15-9-5-6-10-15/h7-8,11-12,15,18H,4-6,9-10H2,1-3H3,(H,21,24). The molecule has 2 aliphatic rings. The second-order valence-electron chi connectivity index (χ2n) is 6.76. The van der Waals surface area contributed by atoms with Crippen molar-refractivity contribution in [3.8, 4) is 5.75 Å². The van der Waals surface area contributed by atoms with Crippen LogP contribution in [0, 0.1) is 0 Å². The number of nitrogens with zero attached hydrogens (tertiary/aromatic N) is 1. The van der Waals surface area contributed by atoms with Crippen molar-refractivity contribution in [2.45, 2.75) is 51.7 Å². The molecular formula is C20H26N2O4. The number of amides is 2. The molecule has 1 N–H and O–H groups in total. The summed E-state index contributed by atoms with van der Waals surface area (Å²) in [5.74, 6) is 0.354. The highest BCUT2D eigenvalue weighted by Crippen LogP contribution is 2.33. The minimum absolute atomic E-state index is 0.248. The number of rotatable bonds is 5. The molecule has 0 saturated heterocycles. The number of hydrogen-bond acceptors (Lipinski definition) is 4. The van der Waals surface area contributed by atoms with E-state index in [0.717, 1.165) is 24.2 Å². The number of hydrogen-bond donors (Lipinski definition) is 1. The van der Waals surface area contributed by atoms with Crippen LogP contribution in [0.25, 0.3) is 0 Å². The van der Waals surface area contributed by atoms with E-state index in [4.69, 9.17) is 9.47 Å². The Bertz CT molecular complexity index is 722. The number of urea groups is 1. The van der Waals surface area contributed by atoms with E-state index < -0.39 is 12.0 Å². The second-order valence-corrected chi connectivity index (χ2v) is 6.76. The molecule has 1 fully saturated rings. The third-order valence-electron chi connectivity index (χ3n) is 5.05. The summed E-state index contributed by atoms with van der Waals surface area (Å²) in [7, 11) is 1.64. The molecule has 0 radical (unpaired) electrons. The van der Waals surface area contributed by atoms with Gasteiger partial charge in [-0.25, -0.2) is 9.59 Å². The topological polar surface area (TPSA) is 67.9 Å². The van der Waals surface area contributed by atoms with E-state index in [2.05, 4.69) is 5.32 Å². The highest BCUT2D eigenvalue weighted by Gasteiger charge is 2.35. The Hall–Kier alpha value is -2.50. The highest BCUT2D eigenvalue weighted by atomic mass is 16.5. The fourth-order valence-electron chi connectivity index (χ4n) is 3.52. The molecule has 1 saturated carbocycles. The van der Waals surface area contributed by atoms with E-state index in [9.17, 15) is 9.59 Å². The first-order chi connectivity index (χ1) is 12.5. The lowest BCUT2D eigenvalue weighted by Crippen LogP contribution is -2.46. The minimum atomic E-state index is -0.551. The van der Waals surface area contributed by atoms with Crippen LogP contribution in [0.5, 0.6) is 5.75 Å². The SMILES string of the molecule is CCOC(=O)C1=C(C)N(C)C(=O)NC1c1cccc(OC2CCCC2)c1. The molecule has 26 heavy (non-hydrogen) atoms. The fraction of sp³-hybridized carbons (Fsp3) is 0.500. The molecule has 0 spiro atoms. The summed E-state index contributed by atoms with van der Waals surface area (Å²) in [6, 6.07) is 6.81. The number of carbonyl (C=O) groups is 2. The van der Waals surface area contributed by atoms with Gasteiger partial charge in [-0.3, -0.25) is 0 Å². The summed E-state index contributed by atoms with van der Waals surface area (Å²) in [6.07, 6.45) is 4.79. The molecule has 1 aliphatic carbocycles. The first-order valence-electron chi connectivity index (χ1n) is 9.20. The highest BCUT2D eigenvalue weighted by molar-refractivity contribution is 5.95. The molecule has 3 rings (SSSR count). The van der Waals surface area contributed by atoms with Crippen molar-refractivity contribution in [1.29, 1.82) is 0 Å². The number of ether oxygens (including phenoxy) is 2. The summed E-state index contributed by atoms with van der Waals surface area (Å²) in [4.78, 5) is 26.2. The molecule has 6 nitrogen and oxygen atoms in total. The predicted octanol–water partition coefficient (Wildman–Crippen LogP) is 3.54. The zero-order valence-electron chi connectivity index (χ0n) is 15.6. The molecule has 1 aromatic carbocycles. The van der Waals surface area contributed by atoms with E-state index in [1.54, 1.807) is 20.9 Å². The third kappa shape index (κ3) is 3.69. The normalized spacial score (nSPS) is 21.0. The molecular weight excluding hydrogens is 332 g/mol. The van der Waals surface area contributed by atoms with Crippen molar-refractivity contribution in [3.05, 3.63) is 41.1 Å². The molecule has 0 aromatic heterocycles. The van der Waals surface area contributed by atoms with Gasteiger partial charge in [0.15, 0.2) is 0 Å². The van der Waals surface area contributed by atoms with Crippen LogP contribution >= 0.6 is 0 Å². The Balaban J connectivity index is 1.92. The maximum absolute atomic E-state index is 12.5. The number of esters is 1. The van der Waals surface area contributed by atoms with Gasteiger partial charge in [0.2, 0.25) is 0 Å². The van der Waals surface area contributed by atoms with Gasteiger partial charge in [0.25, 0.3) is 0 Å². The van der Waals surface area contributed by atoms with Crippen LogP contribution in [0.15, 0.2) is 35.5 Å². The van der Waals surface area contributed by atoms with E-state index in [-0.39, 0.29) is 18.7 Å². The Morgan fingerprint density at radius 3 is 2.73 bits per heavy atom. The van der Waals surface area contributed by atoms with Crippen LogP contribution < -0.4 is 10.1 Å². The van der Waals surface area contributed by atoms with Gasteiger partial charge in [-0.1, -0.05) is 12.1 Å². The number of benzene rings is 1. The van der Waals surface area contributed by atoms with Crippen molar-refractivity contribution in [2.24, 2.45) is 0 Å². The summed E-state index contributed by atoms with van der Waals surface area (Å²) in [6.45, 7) is 3.81. The lowest BCUT2D eigenvalue weighted by molar-refractivity contribution is -0.139. The maximum Gasteiger partial charge on any atom is 0.338 e. The quantitative estimate of drug-likeness (QED) is 0.818. The van der Waals surface area contributed by atoms with Crippen LogP contribution in [0.1, 0.15) is 51.1 Å². The first kappa shape index (κ1) is 18.3. The molecule has 1 heterocycles. The maximum atomic E-state index is 12.5. The lowest BCUT2D eigenvalue weighted by Gasteiger charge is -2.33. The van der Waals surface area contributed by atoms with Crippen LogP contribution in [0.3, 0.4) is 0 Å². The zero-order chi connectivity index (χ0) is 18.7.